The number of carboxylic acid groups (broad SMARTS) is 1. The smallest absolute Gasteiger partial charge is 0.325 e. The van der Waals surface area contributed by atoms with Crippen LogP contribution in [0.2, 0.25) is 0 Å². The van der Waals surface area contributed by atoms with E-state index in [1.807, 2.05) is 0 Å². The number of primary amides is 1. The molecule has 0 fully saturated rings. The largest absolute Gasteiger partial charge is 0.480 e. The van der Waals surface area contributed by atoms with Crippen LogP contribution in [-0.4, -0.2) is 42.5 Å². The van der Waals surface area contributed by atoms with E-state index < -0.39 is 17.8 Å². The number of anilines is 1. The highest BCUT2D eigenvalue weighted by Crippen LogP contribution is 2.14. The van der Waals surface area contributed by atoms with Gasteiger partial charge in [0, 0.05) is 13.2 Å². The minimum Gasteiger partial charge on any atom is -0.480 e. The molecule has 4 N–H and O–H groups in total. The molecule has 0 aromatic carbocycles. The van der Waals surface area contributed by atoms with Gasteiger partial charge in [-0.1, -0.05) is 0 Å². The number of nitrogens with two attached hydrogens (primary N) is 1. The molecule has 0 bridgehead atoms. The number of carboxylic acids is 1. The fourth-order valence-electron chi connectivity index (χ4n) is 1.72. The van der Waals surface area contributed by atoms with Crippen LogP contribution in [0.15, 0.2) is 18.6 Å². The van der Waals surface area contributed by atoms with Crippen molar-refractivity contribution in [3.8, 4) is 0 Å². The third-order valence-corrected chi connectivity index (χ3v) is 2.61. The van der Waals surface area contributed by atoms with Crippen LogP contribution < -0.4 is 11.1 Å². The number of hydrogen-bond donors (Lipinski definition) is 3. The Hall–Kier alpha value is -3.17. The Bertz CT molecular complexity index is 716. The van der Waals surface area contributed by atoms with Crippen LogP contribution >= 0.6 is 0 Å². The molecule has 0 spiro atoms. The summed E-state index contributed by atoms with van der Waals surface area (Å²) in [4.78, 5) is 33.8. The predicted octanol–water partition coefficient (Wildman–Crippen LogP) is -0.948. The van der Waals surface area contributed by atoms with Crippen LogP contribution in [0, 0.1) is 0 Å². The van der Waals surface area contributed by atoms with E-state index in [1.165, 1.54) is 30.3 Å². The van der Waals surface area contributed by atoms with Gasteiger partial charge in [-0.3, -0.25) is 23.7 Å². The molecule has 21 heavy (non-hydrogen) atoms. The summed E-state index contributed by atoms with van der Waals surface area (Å²) in [5.74, 6) is -2.36. The lowest BCUT2D eigenvalue weighted by Gasteiger charge is -2.03. The molecule has 2 aromatic heterocycles. The molecule has 0 atom stereocenters. The number of aliphatic carboxylic acids is 1. The number of hydrogen-bond acceptors (Lipinski definition) is 5. The Balaban J connectivity index is 2.17. The number of nitrogens with one attached hydrogen (secondary N) is 1. The van der Waals surface area contributed by atoms with Crippen molar-refractivity contribution in [1.29, 1.82) is 0 Å². The summed E-state index contributed by atoms with van der Waals surface area (Å²) < 4.78 is 2.35. The van der Waals surface area contributed by atoms with E-state index in [4.69, 9.17) is 10.8 Å². The zero-order chi connectivity index (χ0) is 15.6. The normalized spacial score (nSPS) is 10.3. The third-order valence-electron chi connectivity index (χ3n) is 2.61. The first-order valence-electron chi connectivity index (χ1n) is 5.76. The maximum Gasteiger partial charge on any atom is 0.325 e. The summed E-state index contributed by atoms with van der Waals surface area (Å²) in [7, 11) is 1.51. The monoisotopic (exact) mass is 292 g/mol. The minimum atomic E-state index is -1.08. The van der Waals surface area contributed by atoms with E-state index in [2.05, 4.69) is 15.5 Å². The van der Waals surface area contributed by atoms with E-state index in [-0.39, 0.29) is 23.5 Å². The highest BCUT2D eigenvalue weighted by Gasteiger charge is 2.17. The summed E-state index contributed by atoms with van der Waals surface area (Å²) in [5, 5.41) is 18.7. The number of aryl methyl sites for hydroxylation is 1. The van der Waals surface area contributed by atoms with Crippen molar-refractivity contribution in [2.24, 2.45) is 12.8 Å². The van der Waals surface area contributed by atoms with Crippen LogP contribution in [-0.2, 0) is 18.4 Å². The highest BCUT2D eigenvalue weighted by atomic mass is 16.4. The summed E-state index contributed by atoms with van der Waals surface area (Å²) >= 11 is 0. The van der Waals surface area contributed by atoms with Gasteiger partial charge < -0.3 is 16.2 Å². The van der Waals surface area contributed by atoms with E-state index in [0.29, 0.717) is 0 Å². The van der Waals surface area contributed by atoms with Gasteiger partial charge in [-0.2, -0.15) is 10.2 Å². The Morgan fingerprint density at radius 3 is 2.67 bits per heavy atom. The molecule has 0 radical (unpaired) electrons. The van der Waals surface area contributed by atoms with Gasteiger partial charge in [-0.05, 0) is 0 Å². The second-order valence-corrected chi connectivity index (χ2v) is 4.17. The van der Waals surface area contributed by atoms with E-state index in [0.717, 1.165) is 4.68 Å². The van der Waals surface area contributed by atoms with Crippen molar-refractivity contribution < 1.29 is 19.5 Å². The molecule has 0 unspecified atom stereocenters. The number of carbonyl (C=O) groups is 3. The van der Waals surface area contributed by atoms with Crippen molar-refractivity contribution in [1.82, 2.24) is 19.6 Å². The van der Waals surface area contributed by atoms with Crippen LogP contribution in [0.1, 0.15) is 20.8 Å². The van der Waals surface area contributed by atoms with E-state index >= 15 is 0 Å². The minimum absolute atomic E-state index is 0.0567. The van der Waals surface area contributed by atoms with Gasteiger partial charge in [-0.25, -0.2) is 0 Å². The van der Waals surface area contributed by atoms with Gasteiger partial charge in [0.2, 0.25) is 0 Å². The lowest BCUT2D eigenvalue weighted by atomic mass is 10.3. The number of nitrogens with zero attached hydrogens (tertiary/aromatic N) is 4. The SMILES string of the molecule is Cn1ncc(NC(=O)c2cnn(CC(=O)O)c2)c1C(N)=O. The fourth-order valence-corrected chi connectivity index (χ4v) is 1.72. The molecule has 110 valence electrons. The zero-order valence-corrected chi connectivity index (χ0v) is 11.0. The summed E-state index contributed by atoms with van der Waals surface area (Å²) in [6, 6.07) is 0. The summed E-state index contributed by atoms with van der Waals surface area (Å²) in [6.07, 6.45) is 3.79. The van der Waals surface area contributed by atoms with E-state index in [9.17, 15) is 14.4 Å². The van der Waals surface area contributed by atoms with Crippen molar-refractivity contribution in [2.45, 2.75) is 6.54 Å². The van der Waals surface area contributed by atoms with Crippen molar-refractivity contribution in [3.63, 3.8) is 0 Å². The van der Waals surface area contributed by atoms with Gasteiger partial charge in [0.05, 0.1) is 23.6 Å². The Morgan fingerprint density at radius 2 is 2.05 bits per heavy atom. The zero-order valence-electron chi connectivity index (χ0n) is 11.0. The molecule has 0 aliphatic carbocycles. The van der Waals surface area contributed by atoms with Gasteiger partial charge in [-0.15, -0.1) is 0 Å². The second-order valence-electron chi connectivity index (χ2n) is 4.17. The first-order chi connectivity index (χ1) is 9.88. The van der Waals surface area contributed by atoms with Crippen molar-refractivity contribution >= 4 is 23.5 Å². The molecular weight excluding hydrogens is 280 g/mol. The van der Waals surface area contributed by atoms with Gasteiger partial charge >= 0.3 is 5.97 Å². The van der Waals surface area contributed by atoms with Crippen LogP contribution in [0.25, 0.3) is 0 Å². The molecule has 2 amide bonds. The highest BCUT2D eigenvalue weighted by molar-refractivity contribution is 6.07. The van der Waals surface area contributed by atoms with Gasteiger partial charge in [0.25, 0.3) is 11.8 Å². The number of rotatable bonds is 5. The molecule has 2 aromatic rings. The van der Waals surface area contributed by atoms with Crippen LogP contribution in [0.4, 0.5) is 5.69 Å². The quantitative estimate of drug-likeness (QED) is 0.648. The Morgan fingerprint density at radius 1 is 1.33 bits per heavy atom. The predicted molar refractivity (Wildman–Crippen MR) is 69.5 cm³/mol. The average molecular weight is 292 g/mol. The topological polar surface area (TPSA) is 145 Å². The van der Waals surface area contributed by atoms with Crippen molar-refractivity contribution in [3.05, 3.63) is 29.8 Å². The molecule has 0 saturated heterocycles. The van der Waals surface area contributed by atoms with Crippen molar-refractivity contribution in [2.75, 3.05) is 5.32 Å². The van der Waals surface area contributed by atoms with Gasteiger partial charge in [0.15, 0.2) is 0 Å². The first kappa shape index (κ1) is 14.2. The Kier molecular flexibility index (Phi) is 3.69. The maximum atomic E-state index is 12.0. The standard InChI is InChI=1S/C11H12N6O4/c1-16-9(10(12)20)7(3-13-16)15-11(21)6-2-14-17(4-6)5-8(18)19/h2-4H,5H2,1H3,(H2,12,20)(H,15,21)(H,18,19). The fraction of sp³-hybridized carbons (Fsp3) is 0.182. The summed E-state index contributed by atoms with van der Waals surface area (Å²) in [5.41, 5.74) is 5.57. The second kappa shape index (κ2) is 5.45. The van der Waals surface area contributed by atoms with E-state index in [1.54, 1.807) is 0 Å². The number of aromatic nitrogens is 4. The van der Waals surface area contributed by atoms with Crippen LogP contribution in [0.3, 0.4) is 0 Å². The molecular formula is C11H12N6O4. The lowest BCUT2D eigenvalue weighted by molar-refractivity contribution is -0.137. The van der Waals surface area contributed by atoms with Gasteiger partial charge in [0.1, 0.15) is 12.2 Å². The molecule has 2 heterocycles. The lowest BCUT2D eigenvalue weighted by Crippen LogP contribution is -2.20. The number of carbonyl (C=O) groups excluding carboxylic acids is 2. The molecule has 0 aliphatic rings. The summed E-state index contributed by atoms with van der Waals surface area (Å²) in [6.45, 7) is -0.354. The molecule has 0 saturated carbocycles. The number of amides is 2. The molecule has 10 heteroatoms. The molecule has 2 rings (SSSR count). The maximum absolute atomic E-state index is 12.0. The van der Waals surface area contributed by atoms with Crippen LogP contribution in [0.5, 0.6) is 0 Å². The average Bonchev–Trinajstić information content (AvgIpc) is 2.95. The molecule has 10 nitrogen and oxygen atoms in total. The molecule has 0 aliphatic heterocycles. The third kappa shape index (κ3) is 3.05. The Labute approximate surface area is 118 Å². The first-order valence-corrected chi connectivity index (χ1v) is 5.76.